The molecule has 8 nitrogen and oxygen atoms in total. The van der Waals surface area contributed by atoms with Crippen molar-refractivity contribution < 1.29 is 14.8 Å². The molecule has 0 radical (unpaired) electrons. The first-order chi connectivity index (χ1) is 8.82. The van der Waals surface area contributed by atoms with Crippen molar-refractivity contribution in [1.82, 2.24) is 9.88 Å². The zero-order chi connectivity index (χ0) is 14.6. The van der Waals surface area contributed by atoms with E-state index in [9.17, 15) is 14.9 Å². The third kappa shape index (κ3) is 3.88. The second-order valence-corrected chi connectivity index (χ2v) is 4.35. The Kier molecular flexibility index (Phi) is 4.76. The van der Waals surface area contributed by atoms with Gasteiger partial charge >= 0.3 is 11.7 Å². The van der Waals surface area contributed by atoms with E-state index in [-0.39, 0.29) is 23.1 Å². The minimum absolute atomic E-state index is 0.0729. The maximum absolute atomic E-state index is 10.9. The van der Waals surface area contributed by atoms with Gasteiger partial charge in [0.2, 0.25) is 5.82 Å². The summed E-state index contributed by atoms with van der Waals surface area (Å²) in [5.41, 5.74) is -0.552. The molecule has 104 valence electrons. The molecule has 1 rings (SSSR count). The van der Waals surface area contributed by atoms with Crippen LogP contribution in [0.4, 0.5) is 11.5 Å². The average molecular weight is 268 g/mol. The van der Waals surface area contributed by atoms with Crippen molar-refractivity contribution in [3.63, 3.8) is 0 Å². The summed E-state index contributed by atoms with van der Waals surface area (Å²) in [4.78, 5) is 26.7. The third-order valence-electron chi connectivity index (χ3n) is 2.76. The van der Waals surface area contributed by atoms with Gasteiger partial charge in [-0.05, 0) is 21.0 Å². The fourth-order valence-corrected chi connectivity index (χ4v) is 1.27. The summed E-state index contributed by atoms with van der Waals surface area (Å²) in [6.07, 6.45) is 1.10. The number of nitrogens with zero attached hydrogens (tertiary/aromatic N) is 3. The van der Waals surface area contributed by atoms with E-state index in [1.165, 1.54) is 0 Å². The predicted molar refractivity (Wildman–Crippen MR) is 69.5 cm³/mol. The molecular formula is C11H16N4O4. The lowest BCUT2D eigenvalue weighted by atomic mass is 10.2. The second-order valence-electron chi connectivity index (χ2n) is 4.35. The lowest BCUT2D eigenvalue weighted by Gasteiger charge is -2.20. The number of carboxylic acids is 1. The summed E-state index contributed by atoms with van der Waals surface area (Å²) < 4.78 is 0. The van der Waals surface area contributed by atoms with Crippen LogP contribution >= 0.6 is 0 Å². The van der Waals surface area contributed by atoms with Crippen LogP contribution in [0.1, 0.15) is 17.3 Å². The van der Waals surface area contributed by atoms with Crippen LogP contribution in [0.25, 0.3) is 0 Å². The summed E-state index contributed by atoms with van der Waals surface area (Å²) in [5, 5.41) is 22.5. The molecule has 1 unspecified atom stereocenters. The molecule has 0 fully saturated rings. The van der Waals surface area contributed by atoms with Crippen LogP contribution in [0.3, 0.4) is 0 Å². The first-order valence-electron chi connectivity index (χ1n) is 5.61. The lowest BCUT2D eigenvalue weighted by Crippen LogP contribution is -2.31. The zero-order valence-electron chi connectivity index (χ0n) is 11.0. The molecule has 0 spiro atoms. The molecule has 0 amide bonds. The second kappa shape index (κ2) is 6.10. The molecule has 19 heavy (non-hydrogen) atoms. The summed E-state index contributed by atoms with van der Waals surface area (Å²) >= 11 is 0. The predicted octanol–water partition coefficient (Wildman–Crippen LogP) is 1.05. The Morgan fingerprint density at radius 3 is 2.74 bits per heavy atom. The number of rotatable bonds is 6. The molecule has 1 atom stereocenters. The highest BCUT2D eigenvalue weighted by Gasteiger charge is 2.19. The number of anilines is 1. The summed E-state index contributed by atoms with van der Waals surface area (Å²) in [5.74, 6) is -1.17. The van der Waals surface area contributed by atoms with E-state index in [0.29, 0.717) is 6.54 Å². The molecule has 0 aliphatic heterocycles. The van der Waals surface area contributed by atoms with Crippen LogP contribution in [0.5, 0.6) is 0 Å². The topological polar surface area (TPSA) is 109 Å². The molecule has 0 aromatic carbocycles. The van der Waals surface area contributed by atoms with Gasteiger partial charge in [-0.1, -0.05) is 0 Å². The molecule has 0 aliphatic rings. The Morgan fingerprint density at radius 1 is 1.63 bits per heavy atom. The minimum atomic E-state index is -1.25. The highest BCUT2D eigenvalue weighted by Crippen LogP contribution is 2.22. The largest absolute Gasteiger partial charge is 0.478 e. The van der Waals surface area contributed by atoms with Crippen molar-refractivity contribution in [2.24, 2.45) is 0 Å². The van der Waals surface area contributed by atoms with E-state index in [0.717, 1.165) is 12.3 Å². The average Bonchev–Trinajstić information content (AvgIpc) is 2.35. The van der Waals surface area contributed by atoms with E-state index in [4.69, 9.17) is 5.11 Å². The van der Waals surface area contributed by atoms with Gasteiger partial charge in [0.15, 0.2) is 0 Å². The highest BCUT2D eigenvalue weighted by atomic mass is 16.6. The van der Waals surface area contributed by atoms with Crippen molar-refractivity contribution in [3.8, 4) is 0 Å². The standard InChI is InChI=1S/C11H16N4O4/c1-7(14(2)3)5-12-10-9(15(18)19)4-8(6-13-10)11(16)17/h4,6-7H,5H2,1-3H3,(H,12,13)(H,16,17). The molecule has 0 saturated heterocycles. The number of hydrogen-bond donors (Lipinski definition) is 2. The van der Waals surface area contributed by atoms with Crippen molar-refractivity contribution in [1.29, 1.82) is 0 Å². The minimum Gasteiger partial charge on any atom is -0.478 e. The maximum atomic E-state index is 10.9. The molecule has 8 heteroatoms. The van der Waals surface area contributed by atoms with E-state index in [1.54, 1.807) is 0 Å². The summed E-state index contributed by atoms with van der Waals surface area (Å²) in [6, 6.07) is 1.15. The van der Waals surface area contributed by atoms with Crippen molar-refractivity contribution >= 4 is 17.5 Å². The smallest absolute Gasteiger partial charge is 0.337 e. The van der Waals surface area contributed by atoms with Gasteiger partial charge in [-0.15, -0.1) is 0 Å². The number of nitrogens with one attached hydrogen (secondary N) is 1. The van der Waals surface area contributed by atoms with Gasteiger partial charge in [0.1, 0.15) is 0 Å². The first kappa shape index (κ1) is 14.8. The molecule has 0 aliphatic carbocycles. The molecule has 1 aromatic rings. The number of aromatic carboxylic acids is 1. The third-order valence-corrected chi connectivity index (χ3v) is 2.76. The fourth-order valence-electron chi connectivity index (χ4n) is 1.27. The fraction of sp³-hybridized carbons (Fsp3) is 0.455. The maximum Gasteiger partial charge on any atom is 0.337 e. The molecular weight excluding hydrogens is 252 g/mol. The number of hydrogen-bond acceptors (Lipinski definition) is 6. The number of carbonyl (C=O) groups is 1. The molecule has 0 saturated carbocycles. The van der Waals surface area contributed by atoms with Gasteiger partial charge in [-0.25, -0.2) is 9.78 Å². The molecule has 0 bridgehead atoms. The van der Waals surface area contributed by atoms with Gasteiger partial charge < -0.3 is 15.3 Å². The van der Waals surface area contributed by atoms with E-state index in [2.05, 4.69) is 10.3 Å². The lowest BCUT2D eigenvalue weighted by molar-refractivity contribution is -0.384. The van der Waals surface area contributed by atoms with Crippen LogP contribution in [0.2, 0.25) is 0 Å². The Hall–Kier alpha value is -2.22. The summed E-state index contributed by atoms with van der Waals surface area (Å²) in [6.45, 7) is 2.41. The Morgan fingerprint density at radius 2 is 2.26 bits per heavy atom. The highest BCUT2D eigenvalue weighted by molar-refractivity contribution is 5.88. The first-order valence-corrected chi connectivity index (χ1v) is 5.61. The Bertz CT molecular complexity index is 490. The van der Waals surface area contributed by atoms with Gasteiger partial charge in [-0.2, -0.15) is 0 Å². The SMILES string of the molecule is CC(CNc1ncc(C(=O)O)cc1[N+](=O)[O-])N(C)C. The quantitative estimate of drug-likeness (QED) is 0.586. The number of carboxylic acid groups (broad SMARTS) is 1. The van der Waals surface area contributed by atoms with Gasteiger partial charge in [0.05, 0.1) is 10.5 Å². The van der Waals surface area contributed by atoms with Crippen LogP contribution < -0.4 is 5.32 Å². The monoisotopic (exact) mass is 268 g/mol. The summed E-state index contributed by atoms with van der Waals surface area (Å²) in [7, 11) is 3.78. The molecule has 2 N–H and O–H groups in total. The van der Waals surface area contributed by atoms with Gasteiger partial charge in [0, 0.05) is 24.8 Å². The zero-order valence-corrected chi connectivity index (χ0v) is 11.0. The number of aromatic nitrogens is 1. The van der Waals surface area contributed by atoms with Gasteiger partial charge in [0.25, 0.3) is 0 Å². The van der Waals surface area contributed by atoms with Gasteiger partial charge in [-0.3, -0.25) is 10.1 Å². The van der Waals surface area contributed by atoms with E-state index >= 15 is 0 Å². The van der Waals surface area contributed by atoms with Crippen LogP contribution in [-0.4, -0.2) is 52.6 Å². The van der Waals surface area contributed by atoms with Crippen LogP contribution in [0, 0.1) is 10.1 Å². The molecule has 1 heterocycles. The number of pyridine rings is 1. The van der Waals surface area contributed by atoms with Crippen LogP contribution in [0.15, 0.2) is 12.3 Å². The number of nitro groups is 1. The number of likely N-dealkylation sites (N-methyl/N-ethyl adjacent to an activating group) is 1. The Balaban J connectivity index is 2.94. The van der Waals surface area contributed by atoms with Crippen LogP contribution in [-0.2, 0) is 0 Å². The Labute approximate surface area is 110 Å². The van der Waals surface area contributed by atoms with E-state index < -0.39 is 10.9 Å². The van der Waals surface area contributed by atoms with E-state index in [1.807, 2.05) is 25.9 Å². The normalized spacial score (nSPS) is 12.2. The van der Waals surface area contributed by atoms with Crippen molar-refractivity contribution in [2.75, 3.05) is 26.0 Å². The molecule has 1 aromatic heterocycles. The van der Waals surface area contributed by atoms with Crippen molar-refractivity contribution in [2.45, 2.75) is 13.0 Å². The van der Waals surface area contributed by atoms with Crippen molar-refractivity contribution in [3.05, 3.63) is 27.9 Å².